The third-order valence-electron chi connectivity index (χ3n) is 4.46. The van der Waals surface area contributed by atoms with Gasteiger partial charge >= 0.3 is 0 Å². The first-order valence-electron chi connectivity index (χ1n) is 7.96. The maximum absolute atomic E-state index is 12.4. The summed E-state index contributed by atoms with van der Waals surface area (Å²) >= 11 is 3.52. The van der Waals surface area contributed by atoms with Crippen molar-refractivity contribution in [1.29, 1.82) is 0 Å². The molecular weight excluding hydrogens is 374 g/mol. The Hall–Kier alpha value is -1.45. The number of rotatable bonds is 3. The van der Waals surface area contributed by atoms with E-state index in [-0.39, 0.29) is 24.4 Å². The summed E-state index contributed by atoms with van der Waals surface area (Å²) in [7, 11) is 0. The van der Waals surface area contributed by atoms with Crippen molar-refractivity contribution in [2.75, 3.05) is 18.2 Å². The number of halogens is 1. The molecule has 3 heterocycles. The lowest BCUT2D eigenvalue weighted by Crippen LogP contribution is -2.69. The minimum atomic E-state index is -0.270. The largest absolute Gasteiger partial charge is 0.378 e. The predicted octanol–water partition coefficient (Wildman–Crippen LogP) is 0.592. The SMILES string of the molecule is Cc1cc(Br)cc(C)c1N1C=C2C(=O)NC(NC3COC3)NC2N1. The number of nitrogens with zero attached hydrogens (tertiary/aromatic N) is 1. The maximum atomic E-state index is 12.4. The van der Waals surface area contributed by atoms with Crippen molar-refractivity contribution in [3.05, 3.63) is 39.5 Å². The van der Waals surface area contributed by atoms with Crippen LogP contribution < -0.4 is 26.4 Å². The van der Waals surface area contributed by atoms with Gasteiger partial charge in [0, 0.05) is 10.7 Å². The van der Waals surface area contributed by atoms with Crippen LogP contribution in [-0.4, -0.2) is 37.6 Å². The minimum absolute atomic E-state index is 0.0705. The van der Waals surface area contributed by atoms with Gasteiger partial charge in [-0.05, 0) is 37.1 Å². The summed E-state index contributed by atoms with van der Waals surface area (Å²) in [6.45, 7) is 5.48. The summed E-state index contributed by atoms with van der Waals surface area (Å²) < 4.78 is 6.21. The van der Waals surface area contributed by atoms with Crippen LogP contribution in [0.5, 0.6) is 0 Å². The Kier molecular flexibility index (Phi) is 4.09. The molecule has 2 fully saturated rings. The minimum Gasteiger partial charge on any atom is -0.378 e. The van der Waals surface area contributed by atoms with Gasteiger partial charge in [0.15, 0.2) is 0 Å². The van der Waals surface area contributed by atoms with Gasteiger partial charge in [-0.1, -0.05) is 15.9 Å². The number of fused-ring (bicyclic) bond motifs is 1. The van der Waals surface area contributed by atoms with Crippen LogP contribution in [0.4, 0.5) is 5.69 Å². The highest BCUT2D eigenvalue weighted by Gasteiger charge is 2.38. The number of carbonyl (C=O) groups excluding carboxylic acids is 1. The van der Waals surface area contributed by atoms with Crippen molar-refractivity contribution in [3.63, 3.8) is 0 Å². The van der Waals surface area contributed by atoms with E-state index in [9.17, 15) is 4.79 Å². The van der Waals surface area contributed by atoms with E-state index in [0.717, 1.165) is 21.3 Å². The third kappa shape index (κ3) is 2.84. The van der Waals surface area contributed by atoms with E-state index in [1.54, 1.807) is 0 Å². The van der Waals surface area contributed by atoms with Crippen molar-refractivity contribution in [1.82, 2.24) is 21.4 Å². The smallest absolute Gasteiger partial charge is 0.254 e. The molecule has 1 aromatic rings. The van der Waals surface area contributed by atoms with Crippen LogP contribution in [0.2, 0.25) is 0 Å². The van der Waals surface area contributed by atoms with Crippen LogP contribution in [0.15, 0.2) is 28.4 Å². The van der Waals surface area contributed by atoms with Gasteiger partial charge in [-0.3, -0.25) is 20.4 Å². The Balaban J connectivity index is 1.53. The number of ether oxygens (including phenoxy) is 1. The summed E-state index contributed by atoms with van der Waals surface area (Å²) in [6.07, 6.45) is 1.37. The molecule has 8 heteroatoms. The van der Waals surface area contributed by atoms with Crippen molar-refractivity contribution in [3.8, 4) is 0 Å². The Bertz CT molecular complexity index is 695. The second-order valence-corrected chi connectivity index (χ2v) is 7.29. The second-order valence-electron chi connectivity index (χ2n) is 6.38. The summed E-state index contributed by atoms with van der Waals surface area (Å²) in [6, 6.07) is 4.42. The molecule has 0 bridgehead atoms. The van der Waals surface area contributed by atoms with Crippen molar-refractivity contribution in [2.45, 2.75) is 32.3 Å². The van der Waals surface area contributed by atoms with E-state index < -0.39 is 0 Å². The summed E-state index contributed by atoms with van der Waals surface area (Å²) in [4.78, 5) is 12.4. The lowest BCUT2D eigenvalue weighted by molar-refractivity contribution is -0.121. The standard InChI is InChI=1S/C16H20BrN5O2/c1-8-3-10(17)4-9(2)13(8)22-5-12-14(21-22)19-16(20-15(12)23)18-11-6-24-7-11/h3-5,11,14,16,18-19,21H,6-7H2,1-2H3,(H,20,23). The van der Waals surface area contributed by atoms with Gasteiger partial charge in [0.2, 0.25) is 0 Å². The zero-order valence-electron chi connectivity index (χ0n) is 13.5. The van der Waals surface area contributed by atoms with E-state index in [2.05, 4.69) is 63.3 Å². The molecule has 4 rings (SSSR count). The number of carbonyl (C=O) groups is 1. The monoisotopic (exact) mass is 393 g/mol. The zero-order valence-corrected chi connectivity index (χ0v) is 15.1. The highest BCUT2D eigenvalue weighted by Crippen LogP contribution is 2.31. The van der Waals surface area contributed by atoms with Crippen molar-refractivity contribution < 1.29 is 9.53 Å². The van der Waals surface area contributed by atoms with Crippen LogP contribution in [0.25, 0.3) is 0 Å². The van der Waals surface area contributed by atoms with Crippen LogP contribution >= 0.6 is 15.9 Å². The second kappa shape index (κ2) is 6.12. The first-order valence-corrected chi connectivity index (χ1v) is 8.75. The molecule has 2 saturated heterocycles. The molecule has 1 amide bonds. The normalized spacial score (nSPS) is 26.7. The fourth-order valence-electron chi connectivity index (χ4n) is 3.27. The molecule has 24 heavy (non-hydrogen) atoms. The first kappa shape index (κ1) is 16.0. The lowest BCUT2D eigenvalue weighted by atomic mass is 10.1. The summed E-state index contributed by atoms with van der Waals surface area (Å²) in [5, 5.41) is 11.6. The highest BCUT2D eigenvalue weighted by atomic mass is 79.9. The van der Waals surface area contributed by atoms with Crippen molar-refractivity contribution >= 4 is 27.5 Å². The van der Waals surface area contributed by atoms with Gasteiger partial charge in [0.05, 0.1) is 30.5 Å². The molecule has 128 valence electrons. The number of anilines is 1. The van der Waals surface area contributed by atoms with Crippen LogP contribution in [0, 0.1) is 13.8 Å². The summed E-state index contributed by atoms with van der Waals surface area (Å²) in [5.41, 5.74) is 7.37. The van der Waals surface area contributed by atoms with Gasteiger partial charge in [-0.25, -0.2) is 5.43 Å². The van der Waals surface area contributed by atoms with Crippen LogP contribution in [-0.2, 0) is 9.53 Å². The maximum Gasteiger partial charge on any atom is 0.254 e. The molecular formula is C16H20BrN5O2. The fraction of sp³-hybridized carbons (Fsp3) is 0.438. The zero-order chi connectivity index (χ0) is 16.8. The number of nitrogens with one attached hydrogen (secondary N) is 4. The number of hydrogen-bond donors (Lipinski definition) is 4. The molecule has 4 N–H and O–H groups in total. The molecule has 0 radical (unpaired) electrons. The quantitative estimate of drug-likeness (QED) is 0.602. The van der Waals surface area contributed by atoms with Crippen LogP contribution in [0.1, 0.15) is 11.1 Å². The van der Waals surface area contributed by atoms with E-state index in [0.29, 0.717) is 18.8 Å². The fourth-order valence-corrected chi connectivity index (χ4v) is 3.96. The average molecular weight is 394 g/mol. The Labute approximate surface area is 148 Å². The number of hydrogen-bond acceptors (Lipinski definition) is 6. The summed E-state index contributed by atoms with van der Waals surface area (Å²) in [5.74, 6) is -0.0705. The van der Waals surface area contributed by atoms with Crippen molar-refractivity contribution in [2.24, 2.45) is 0 Å². The van der Waals surface area contributed by atoms with E-state index >= 15 is 0 Å². The van der Waals surface area contributed by atoms with E-state index in [4.69, 9.17) is 4.74 Å². The van der Waals surface area contributed by atoms with Gasteiger partial charge in [-0.2, -0.15) is 0 Å². The molecule has 2 atom stereocenters. The van der Waals surface area contributed by atoms with Gasteiger partial charge < -0.3 is 10.1 Å². The van der Waals surface area contributed by atoms with Gasteiger partial charge in [-0.15, -0.1) is 0 Å². The van der Waals surface area contributed by atoms with Crippen LogP contribution in [0.3, 0.4) is 0 Å². The average Bonchev–Trinajstić information content (AvgIpc) is 2.86. The molecule has 0 aliphatic carbocycles. The number of amides is 1. The molecule has 0 spiro atoms. The van der Waals surface area contributed by atoms with Gasteiger partial charge in [0.25, 0.3) is 5.91 Å². The molecule has 3 aliphatic rings. The molecule has 0 aromatic heterocycles. The molecule has 0 saturated carbocycles. The number of hydrazine groups is 1. The number of benzene rings is 1. The third-order valence-corrected chi connectivity index (χ3v) is 4.91. The Morgan fingerprint density at radius 1 is 1.29 bits per heavy atom. The predicted molar refractivity (Wildman–Crippen MR) is 93.9 cm³/mol. The van der Waals surface area contributed by atoms with Gasteiger partial charge in [0.1, 0.15) is 12.5 Å². The molecule has 3 aliphatic heterocycles. The Morgan fingerprint density at radius 2 is 2.00 bits per heavy atom. The van der Waals surface area contributed by atoms with E-state index in [1.807, 2.05) is 11.2 Å². The topological polar surface area (TPSA) is 77.7 Å². The Morgan fingerprint density at radius 3 is 2.62 bits per heavy atom. The molecule has 7 nitrogen and oxygen atoms in total. The highest BCUT2D eigenvalue weighted by molar-refractivity contribution is 9.10. The molecule has 2 unspecified atom stereocenters. The lowest BCUT2D eigenvalue weighted by Gasteiger charge is -2.36. The van der Waals surface area contributed by atoms with E-state index in [1.165, 1.54) is 0 Å². The number of aryl methyl sites for hydroxylation is 2. The molecule has 1 aromatic carbocycles. The first-order chi connectivity index (χ1) is 11.5.